The molecule has 0 bridgehead atoms. The molecule has 2 aromatic carbocycles. The van der Waals surface area contributed by atoms with E-state index in [-0.39, 0.29) is 19.6 Å². The molecule has 0 aliphatic carbocycles. The van der Waals surface area contributed by atoms with E-state index in [1.807, 2.05) is 31.2 Å². The highest BCUT2D eigenvalue weighted by atomic mass is 16.7. The van der Waals surface area contributed by atoms with Gasteiger partial charge in [0.25, 0.3) is 0 Å². The number of urea groups is 1. The summed E-state index contributed by atoms with van der Waals surface area (Å²) in [6.07, 6.45) is 0. The van der Waals surface area contributed by atoms with Crippen molar-refractivity contribution in [1.29, 1.82) is 0 Å². The van der Waals surface area contributed by atoms with E-state index in [1.54, 1.807) is 18.2 Å². The summed E-state index contributed by atoms with van der Waals surface area (Å²) >= 11 is 0. The molecule has 6 heteroatoms. The molecule has 3 rings (SSSR count). The maximum absolute atomic E-state index is 11.8. The van der Waals surface area contributed by atoms with E-state index in [9.17, 15) is 4.79 Å². The maximum atomic E-state index is 11.8. The van der Waals surface area contributed by atoms with Crippen molar-refractivity contribution in [2.24, 2.45) is 0 Å². The van der Waals surface area contributed by atoms with Crippen molar-refractivity contribution in [2.75, 3.05) is 18.8 Å². The summed E-state index contributed by atoms with van der Waals surface area (Å²) in [7, 11) is 0. The third kappa shape index (κ3) is 3.41. The van der Waals surface area contributed by atoms with Gasteiger partial charge >= 0.3 is 6.03 Å². The predicted octanol–water partition coefficient (Wildman–Crippen LogP) is 2.88. The number of nitrogens with one attached hydrogen (secondary N) is 2. The zero-order valence-electron chi connectivity index (χ0n) is 12.1. The number of rotatable bonds is 4. The summed E-state index contributed by atoms with van der Waals surface area (Å²) in [4.78, 5) is 11.8. The Kier molecular flexibility index (Phi) is 4.00. The number of amides is 2. The van der Waals surface area contributed by atoms with E-state index in [0.717, 1.165) is 5.56 Å². The van der Waals surface area contributed by atoms with E-state index < -0.39 is 0 Å². The molecule has 6 nitrogen and oxygen atoms in total. The van der Waals surface area contributed by atoms with E-state index >= 15 is 0 Å². The second-order valence-electron chi connectivity index (χ2n) is 4.80. The minimum Gasteiger partial charge on any atom is -0.473 e. The number of hydrogen-bond donors (Lipinski definition) is 2. The van der Waals surface area contributed by atoms with Crippen molar-refractivity contribution < 1.29 is 19.0 Å². The molecule has 0 saturated carbocycles. The van der Waals surface area contributed by atoms with Crippen LogP contribution in [0.15, 0.2) is 42.5 Å². The van der Waals surface area contributed by atoms with Crippen LogP contribution < -0.4 is 24.8 Å². The van der Waals surface area contributed by atoms with Gasteiger partial charge in [-0.05, 0) is 31.2 Å². The molecule has 2 aromatic rings. The highest BCUT2D eigenvalue weighted by Gasteiger charge is 2.13. The van der Waals surface area contributed by atoms with Crippen molar-refractivity contribution in [3.63, 3.8) is 0 Å². The Bertz CT molecular complexity index is 670. The van der Waals surface area contributed by atoms with Gasteiger partial charge in [0, 0.05) is 11.8 Å². The lowest BCUT2D eigenvalue weighted by atomic mass is 10.2. The van der Waals surface area contributed by atoms with Crippen molar-refractivity contribution in [1.82, 2.24) is 5.32 Å². The minimum absolute atomic E-state index is 0.0828. The van der Waals surface area contributed by atoms with E-state index in [0.29, 0.717) is 22.9 Å². The Labute approximate surface area is 128 Å². The first-order chi connectivity index (χ1) is 10.7. The zero-order valence-corrected chi connectivity index (χ0v) is 12.1. The van der Waals surface area contributed by atoms with Gasteiger partial charge in [-0.25, -0.2) is 4.79 Å². The number of fused-ring (bicyclic) bond motifs is 1. The average Bonchev–Trinajstić information content (AvgIpc) is 2.97. The van der Waals surface area contributed by atoms with Gasteiger partial charge in [-0.15, -0.1) is 0 Å². The summed E-state index contributed by atoms with van der Waals surface area (Å²) in [5, 5.41) is 5.32. The molecule has 1 aliphatic heterocycles. The van der Waals surface area contributed by atoms with Crippen molar-refractivity contribution in [3.05, 3.63) is 48.0 Å². The van der Waals surface area contributed by atoms with E-state index in [4.69, 9.17) is 14.2 Å². The minimum atomic E-state index is -0.356. The Hall–Kier alpha value is -2.89. The van der Waals surface area contributed by atoms with Gasteiger partial charge in [0.15, 0.2) is 18.2 Å². The number of anilines is 1. The predicted molar refractivity (Wildman–Crippen MR) is 81.4 cm³/mol. The second-order valence-corrected chi connectivity index (χ2v) is 4.80. The quantitative estimate of drug-likeness (QED) is 0.852. The fraction of sp³-hybridized carbons (Fsp3) is 0.188. The van der Waals surface area contributed by atoms with Crippen LogP contribution in [0.2, 0.25) is 0 Å². The highest BCUT2D eigenvalue weighted by Crippen LogP contribution is 2.34. The number of ether oxygens (including phenoxy) is 3. The molecular weight excluding hydrogens is 284 g/mol. The standard InChI is InChI=1S/C16H16N2O4/c1-11-2-5-13(6-3-11)20-9-17-16(19)18-12-4-7-14-15(8-12)22-10-21-14/h2-8H,9-10H2,1H3,(H2,17,18,19). The molecule has 2 amide bonds. The molecule has 0 spiro atoms. The molecule has 2 N–H and O–H groups in total. The summed E-state index contributed by atoms with van der Waals surface area (Å²) in [6, 6.07) is 12.5. The molecular formula is C16H16N2O4. The lowest BCUT2D eigenvalue weighted by molar-refractivity contribution is 0.174. The second kappa shape index (κ2) is 6.26. The number of carbonyl (C=O) groups is 1. The van der Waals surface area contributed by atoms with Crippen LogP contribution in [0, 0.1) is 6.92 Å². The molecule has 0 radical (unpaired) electrons. The normalized spacial score (nSPS) is 11.9. The monoisotopic (exact) mass is 300 g/mol. The average molecular weight is 300 g/mol. The lowest BCUT2D eigenvalue weighted by Crippen LogP contribution is -2.31. The Morgan fingerprint density at radius 3 is 2.73 bits per heavy atom. The number of carbonyl (C=O) groups excluding carboxylic acids is 1. The van der Waals surface area contributed by atoms with Crippen LogP contribution >= 0.6 is 0 Å². The van der Waals surface area contributed by atoms with Gasteiger partial charge in [-0.2, -0.15) is 0 Å². The van der Waals surface area contributed by atoms with Crippen LogP contribution in [0.4, 0.5) is 10.5 Å². The highest BCUT2D eigenvalue weighted by molar-refractivity contribution is 5.89. The first-order valence-corrected chi connectivity index (χ1v) is 6.85. The fourth-order valence-electron chi connectivity index (χ4n) is 1.97. The molecule has 0 fully saturated rings. The van der Waals surface area contributed by atoms with Gasteiger partial charge in [-0.3, -0.25) is 0 Å². The largest absolute Gasteiger partial charge is 0.473 e. The van der Waals surface area contributed by atoms with Crippen LogP contribution in [-0.2, 0) is 0 Å². The van der Waals surface area contributed by atoms with Crippen molar-refractivity contribution >= 4 is 11.7 Å². The summed E-state index contributed by atoms with van der Waals surface area (Å²) in [5.74, 6) is 2.00. The van der Waals surface area contributed by atoms with Gasteiger partial charge in [0.2, 0.25) is 6.79 Å². The Morgan fingerprint density at radius 2 is 1.91 bits per heavy atom. The summed E-state index contributed by atoms with van der Waals surface area (Å²) in [5.41, 5.74) is 1.78. The summed E-state index contributed by atoms with van der Waals surface area (Å²) < 4.78 is 15.9. The molecule has 0 atom stereocenters. The number of aryl methyl sites for hydroxylation is 1. The van der Waals surface area contributed by atoms with Gasteiger partial charge in [0.05, 0.1) is 0 Å². The Balaban J connectivity index is 1.47. The topological polar surface area (TPSA) is 68.8 Å². The van der Waals surface area contributed by atoms with E-state index in [1.165, 1.54) is 0 Å². The van der Waals surface area contributed by atoms with E-state index in [2.05, 4.69) is 10.6 Å². The van der Waals surface area contributed by atoms with Crippen LogP contribution in [0.25, 0.3) is 0 Å². The van der Waals surface area contributed by atoms with Crippen LogP contribution in [0.3, 0.4) is 0 Å². The molecule has 0 saturated heterocycles. The van der Waals surface area contributed by atoms with Crippen LogP contribution in [0.1, 0.15) is 5.56 Å². The molecule has 0 aromatic heterocycles. The number of benzene rings is 2. The molecule has 22 heavy (non-hydrogen) atoms. The van der Waals surface area contributed by atoms with Gasteiger partial charge in [-0.1, -0.05) is 17.7 Å². The lowest BCUT2D eigenvalue weighted by Gasteiger charge is -2.10. The smallest absolute Gasteiger partial charge is 0.321 e. The maximum Gasteiger partial charge on any atom is 0.321 e. The van der Waals surface area contributed by atoms with Crippen molar-refractivity contribution in [3.8, 4) is 17.2 Å². The van der Waals surface area contributed by atoms with Crippen LogP contribution in [-0.4, -0.2) is 19.6 Å². The zero-order chi connectivity index (χ0) is 15.4. The van der Waals surface area contributed by atoms with Crippen molar-refractivity contribution in [2.45, 2.75) is 6.92 Å². The SMILES string of the molecule is Cc1ccc(OCNC(=O)Nc2ccc3c(c2)OCO3)cc1. The first-order valence-electron chi connectivity index (χ1n) is 6.85. The van der Waals surface area contributed by atoms with Crippen LogP contribution in [0.5, 0.6) is 17.2 Å². The molecule has 1 heterocycles. The first kappa shape index (κ1) is 14.1. The molecule has 114 valence electrons. The summed E-state index contributed by atoms with van der Waals surface area (Å²) in [6.45, 7) is 2.29. The van der Waals surface area contributed by atoms with Gasteiger partial charge in [0.1, 0.15) is 5.75 Å². The third-order valence-corrected chi connectivity index (χ3v) is 3.12. The Morgan fingerprint density at radius 1 is 1.14 bits per heavy atom. The van der Waals surface area contributed by atoms with Gasteiger partial charge < -0.3 is 24.8 Å². The number of hydrogen-bond acceptors (Lipinski definition) is 4. The molecule has 1 aliphatic rings. The third-order valence-electron chi connectivity index (χ3n) is 3.12. The molecule has 0 unspecified atom stereocenters. The fourth-order valence-corrected chi connectivity index (χ4v) is 1.97.